The molecule has 0 saturated carbocycles. The molecule has 0 saturated heterocycles. The second-order valence-corrected chi connectivity index (χ2v) is 1.95. The third-order valence-corrected chi connectivity index (χ3v) is 1.14. The van der Waals surface area contributed by atoms with E-state index >= 15 is 0 Å². The molecule has 0 spiro atoms. The summed E-state index contributed by atoms with van der Waals surface area (Å²) in [5, 5.41) is 8.63. The maximum Gasteiger partial charge on any atom is 0.358 e. The van der Waals surface area contributed by atoms with Crippen LogP contribution in [0.2, 0.25) is 0 Å². The Hall–Kier alpha value is -1.85. The predicted octanol–water partition coefficient (Wildman–Crippen LogP) is 0.156. The Labute approximate surface area is 81.4 Å². The van der Waals surface area contributed by atoms with E-state index < -0.39 is 36.8 Å². The van der Waals surface area contributed by atoms with E-state index in [-0.39, 0.29) is 0 Å². The number of hydrogen-bond donors (Lipinski definition) is 2. The molecule has 0 atom stereocenters. The summed E-state index contributed by atoms with van der Waals surface area (Å²) in [6, 6.07) is 0. The third kappa shape index (κ3) is 2.05. The lowest BCUT2D eigenvalue weighted by molar-refractivity contribution is 0.0691. The van der Waals surface area contributed by atoms with E-state index in [1.54, 1.807) is 0 Å². The van der Waals surface area contributed by atoms with Crippen molar-refractivity contribution in [3.8, 4) is 5.88 Å². The minimum absolute atomic E-state index is 0.499. The molecule has 0 bridgehead atoms. The molecule has 0 aromatic carbocycles. The van der Waals surface area contributed by atoms with Crippen molar-refractivity contribution in [3.05, 3.63) is 11.9 Å². The number of nitrogens with two attached hydrogens (primary N) is 1. The van der Waals surface area contributed by atoms with E-state index in [0.29, 0.717) is 0 Å². The third-order valence-electron chi connectivity index (χ3n) is 1.14. The zero-order chi connectivity index (χ0) is 14.1. The van der Waals surface area contributed by atoms with E-state index in [0.717, 1.165) is 6.20 Å². The number of carbonyl (C=O) groups is 1. The molecule has 0 aliphatic heterocycles. The van der Waals surface area contributed by atoms with Crippen molar-refractivity contribution in [2.24, 2.45) is 0 Å². The minimum Gasteiger partial charge on any atom is -0.477 e. The second kappa shape index (κ2) is 3.70. The lowest BCUT2D eigenvalue weighted by atomic mass is 10.4. The van der Waals surface area contributed by atoms with Gasteiger partial charge in [0.25, 0.3) is 0 Å². The Balaban J connectivity index is 3.01. The molecule has 0 fully saturated rings. The van der Waals surface area contributed by atoms with Gasteiger partial charge >= 0.3 is 5.97 Å². The fourth-order valence-electron chi connectivity index (χ4n) is 0.653. The van der Waals surface area contributed by atoms with Gasteiger partial charge in [0.1, 0.15) is 0 Å². The summed E-state index contributed by atoms with van der Waals surface area (Å²) >= 11 is 0. The van der Waals surface area contributed by atoms with Crippen LogP contribution in [0, 0.1) is 0 Å². The summed E-state index contributed by atoms with van der Waals surface area (Å²) in [4.78, 5) is 17.4. The van der Waals surface area contributed by atoms with Gasteiger partial charge in [0.15, 0.2) is 11.5 Å². The number of rotatable bonds is 3. The van der Waals surface area contributed by atoms with Crippen LogP contribution in [0.15, 0.2) is 6.20 Å². The Bertz CT molecular complexity index is 476. The highest BCUT2D eigenvalue weighted by molar-refractivity contribution is 5.90. The van der Waals surface area contributed by atoms with E-state index in [2.05, 4.69) is 14.7 Å². The molecule has 0 radical (unpaired) electrons. The van der Waals surface area contributed by atoms with Crippen LogP contribution in [0.25, 0.3) is 0 Å². The first-order valence-electron chi connectivity index (χ1n) is 5.59. The molecule has 0 aliphatic rings. The fourth-order valence-corrected chi connectivity index (χ4v) is 0.653. The van der Waals surface area contributed by atoms with Crippen LogP contribution >= 0.6 is 0 Å². The number of anilines is 1. The standard InChI is InChI=1S/C7H9N3O3/c1-2-13-4-3-9-5(7(11)12)6(8)10-4/h3H,2H2,1H3,(H2,8,10)(H,11,12)/i1D3,2D2. The molecule has 1 rings (SSSR count). The van der Waals surface area contributed by atoms with Gasteiger partial charge in [-0.25, -0.2) is 9.78 Å². The van der Waals surface area contributed by atoms with Crippen molar-refractivity contribution < 1.29 is 21.5 Å². The summed E-state index contributed by atoms with van der Waals surface area (Å²) < 4.78 is 39.6. The first-order chi connectivity index (χ1) is 8.04. The molecule has 1 aromatic rings. The molecule has 0 amide bonds. The highest BCUT2D eigenvalue weighted by atomic mass is 16.5. The van der Waals surface area contributed by atoms with Gasteiger partial charge in [0.2, 0.25) is 5.88 Å². The van der Waals surface area contributed by atoms with Crippen molar-refractivity contribution in [2.45, 2.75) is 6.85 Å². The number of aromatic nitrogens is 2. The maximum atomic E-state index is 10.6. The first-order valence-corrected chi connectivity index (χ1v) is 3.09. The smallest absolute Gasteiger partial charge is 0.358 e. The highest BCUT2D eigenvalue weighted by Gasteiger charge is 2.11. The number of nitrogen functional groups attached to an aromatic ring is 1. The van der Waals surface area contributed by atoms with Gasteiger partial charge in [0.05, 0.1) is 15.5 Å². The molecule has 1 aromatic heterocycles. The largest absolute Gasteiger partial charge is 0.477 e. The number of carboxylic acids is 1. The molecule has 6 heteroatoms. The average Bonchev–Trinajstić information content (AvgIpc) is 2.14. The van der Waals surface area contributed by atoms with Gasteiger partial charge < -0.3 is 15.6 Å². The van der Waals surface area contributed by atoms with Crippen molar-refractivity contribution >= 4 is 11.8 Å². The quantitative estimate of drug-likeness (QED) is 0.700. The number of aromatic carboxylic acids is 1. The molecule has 70 valence electrons. The first kappa shape index (κ1) is 4.40. The van der Waals surface area contributed by atoms with Gasteiger partial charge in [0, 0.05) is 4.11 Å². The number of ether oxygens (including phenoxy) is 1. The molecular formula is C7H9N3O3. The second-order valence-electron chi connectivity index (χ2n) is 1.95. The summed E-state index contributed by atoms with van der Waals surface area (Å²) in [5.41, 5.74) is 4.72. The van der Waals surface area contributed by atoms with Gasteiger partial charge in [-0.1, -0.05) is 0 Å². The van der Waals surface area contributed by atoms with E-state index in [1.165, 1.54) is 0 Å². The van der Waals surface area contributed by atoms with Crippen LogP contribution < -0.4 is 10.5 Å². The van der Waals surface area contributed by atoms with Gasteiger partial charge in [-0.2, -0.15) is 4.98 Å². The average molecular weight is 188 g/mol. The van der Waals surface area contributed by atoms with Crippen molar-refractivity contribution in [1.29, 1.82) is 0 Å². The predicted molar refractivity (Wildman–Crippen MR) is 44.6 cm³/mol. The SMILES string of the molecule is [2H]C([2H])([2H])C([2H])([2H])Oc1cnc(C(=O)O)c(N)n1. The Morgan fingerprint density at radius 1 is 2.00 bits per heavy atom. The van der Waals surface area contributed by atoms with Crippen LogP contribution in [0.5, 0.6) is 5.88 Å². The number of hydrogen-bond acceptors (Lipinski definition) is 5. The van der Waals surface area contributed by atoms with Gasteiger partial charge in [-0.15, -0.1) is 0 Å². The minimum atomic E-state index is -3.03. The lowest BCUT2D eigenvalue weighted by Crippen LogP contribution is -2.08. The van der Waals surface area contributed by atoms with E-state index in [1.807, 2.05) is 0 Å². The van der Waals surface area contributed by atoms with Crippen LogP contribution in [-0.4, -0.2) is 27.6 Å². The van der Waals surface area contributed by atoms with Gasteiger partial charge in [-0.3, -0.25) is 0 Å². The normalized spacial score (nSPS) is 17.4. The zero-order valence-corrected chi connectivity index (χ0v) is 6.31. The lowest BCUT2D eigenvalue weighted by Gasteiger charge is -2.03. The van der Waals surface area contributed by atoms with Crippen LogP contribution in [0.3, 0.4) is 0 Å². The molecule has 0 aliphatic carbocycles. The molecule has 3 N–H and O–H groups in total. The monoisotopic (exact) mass is 188 g/mol. The molecule has 1 heterocycles. The van der Waals surface area contributed by atoms with E-state index in [9.17, 15) is 4.79 Å². The Morgan fingerprint density at radius 2 is 2.77 bits per heavy atom. The number of nitrogens with zero attached hydrogens (tertiary/aromatic N) is 2. The fraction of sp³-hybridized carbons (Fsp3) is 0.286. The van der Waals surface area contributed by atoms with Crippen molar-refractivity contribution in [3.63, 3.8) is 0 Å². The zero-order valence-electron chi connectivity index (χ0n) is 11.3. The topological polar surface area (TPSA) is 98.3 Å². The van der Waals surface area contributed by atoms with E-state index in [4.69, 9.17) is 17.7 Å². The van der Waals surface area contributed by atoms with Gasteiger partial charge in [-0.05, 0) is 6.85 Å². The van der Waals surface area contributed by atoms with Crippen molar-refractivity contribution in [1.82, 2.24) is 9.97 Å². The summed E-state index contributed by atoms with van der Waals surface area (Å²) in [7, 11) is 0. The maximum absolute atomic E-state index is 10.6. The molecule has 0 unspecified atom stereocenters. The summed E-state index contributed by atoms with van der Waals surface area (Å²) in [6.07, 6.45) is 0.781. The Morgan fingerprint density at radius 3 is 3.31 bits per heavy atom. The van der Waals surface area contributed by atoms with Crippen molar-refractivity contribution in [2.75, 3.05) is 12.3 Å². The molecule has 13 heavy (non-hydrogen) atoms. The molecule has 6 nitrogen and oxygen atoms in total. The van der Waals surface area contributed by atoms with Crippen LogP contribution in [0.1, 0.15) is 24.2 Å². The van der Waals surface area contributed by atoms with Crippen LogP contribution in [-0.2, 0) is 0 Å². The highest BCUT2D eigenvalue weighted by Crippen LogP contribution is 2.11. The molecular weight excluding hydrogens is 174 g/mol. The Kier molecular flexibility index (Phi) is 1.25. The van der Waals surface area contributed by atoms with Crippen LogP contribution in [0.4, 0.5) is 5.82 Å². The summed E-state index contributed by atoms with van der Waals surface area (Å²) in [5.74, 6) is -2.43. The summed E-state index contributed by atoms with van der Waals surface area (Å²) in [6.45, 7) is -6.02. The number of carboxylic acid groups (broad SMARTS) is 1.